The third-order valence-corrected chi connectivity index (χ3v) is 5.20. The molecule has 32 heavy (non-hydrogen) atoms. The van der Waals surface area contributed by atoms with E-state index in [9.17, 15) is 19.3 Å². The highest BCUT2D eigenvalue weighted by atomic mass is 19.1. The number of aromatic nitrogens is 2. The lowest BCUT2D eigenvalue weighted by Crippen LogP contribution is -2.41. The molecule has 1 fully saturated rings. The fourth-order valence-corrected chi connectivity index (χ4v) is 3.46. The maximum absolute atomic E-state index is 13.3. The Morgan fingerprint density at radius 3 is 2.47 bits per heavy atom. The van der Waals surface area contributed by atoms with Crippen molar-refractivity contribution in [3.63, 3.8) is 0 Å². The van der Waals surface area contributed by atoms with Crippen LogP contribution < -0.4 is 5.32 Å². The third-order valence-electron chi connectivity index (χ3n) is 5.20. The highest BCUT2D eigenvalue weighted by Crippen LogP contribution is 2.23. The number of ether oxygens (including phenoxy) is 1. The van der Waals surface area contributed by atoms with Crippen LogP contribution in [0, 0.1) is 15.9 Å². The van der Waals surface area contributed by atoms with Gasteiger partial charge in [-0.2, -0.15) is 5.10 Å². The highest BCUT2D eigenvalue weighted by Gasteiger charge is 2.19. The van der Waals surface area contributed by atoms with Gasteiger partial charge in [0, 0.05) is 43.9 Å². The molecule has 0 atom stereocenters. The summed E-state index contributed by atoms with van der Waals surface area (Å²) in [5.74, 6) is -0.692. The molecule has 2 aromatic carbocycles. The van der Waals surface area contributed by atoms with Crippen LogP contribution in [0.3, 0.4) is 0 Å². The smallest absolute Gasteiger partial charge is 0.270 e. The van der Waals surface area contributed by atoms with Crippen molar-refractivity contribution in [1.29, 1.82) is 0 Å². The van der Waals surface area contributed by atoms with E-state index in [1.807, 2.05) is 0 Å². The van der Waals surface area contributed by atoms with E-state index < -0.39 is 4.92 Å². The van der Waals surface area contributed by atoms with Crippen LogP contribution in [0.4, 0.5) is 10.1 Å². The Hall–Kier alpha value is -3.63. The van der Waals surface area contributed by atoms with Crippen molar-refractivity contribution in [3.05, 3.63) is 76.2 Å². The van der Waals surface area contributed by atoms with Gasteiger partial charge in [0.1, 0.15) is 11.5 Å². The van der Waals surface area contributed by atoms with Crippen LogP contribution in [0.25, 0.3) is 16.9 Å². The molecule has 1 amide bonds. The molecule has 1 aromatic heterocycles. The maximum atomic E-state index is 13.3. The quantitative estimate of drug-likeness (QED) is 0.449. The standard InChI is InChI=1S/C22H22FN5O4/c23-17-3-1-16(2-4-17)20-15-21(22(29)24-9-10-26-11-13-32-14-12-26)27(25-20)18-5-7-19(8-6-18)28(30)31/h1-8,15H,9-14H2,(H,24,29). The van der Waals surface area contributed by atoms with E-state index in [0.29, 0.717) is 43.2 Å². The summed E-state index contributed by atoms with van der Waals surface area (Å²) in [6.45, 7) is 4.17. The Labute approximate surface area is 183 Å². The van der Waals surface area contributed by atoms with E-state index in [1.54, 1.807) is 18.2 Å². The monoisotopic (exact) mass is 439 g/mol. The molecule has 10 heteroatoms. The molecule has 4 rings (SSSR count). The molecule has 0 radical (unpaired) electrons. The summed E-state index contributed by atoms with van der Waals surface area (Å²) in [7, 11) is 0. The predicted molar refractivity (Wildman–Crippen MR) is 115 cm³/mol. The number of morpholine rings is 1. The van der Waals surface area contributed by atoms with Gasteiger partial charge >= 0.3 is 0 Å². The van der Waals surface area contributed by atoms with Gasteiger partial charge in [0.05, 0.1) is 29.5 Å². The normalized spacial score (nSPS) is 14.3. The number of amides is 1. The summed E-state index contributed by atoms with van der Waals surface area (Å²) in [5, 5.41) is 18.4. The van der Waals surface area contributed by atoms with Crippen molar-refractivity contribution in [3.8, 4) is 16.9 Å². The second-order valence-electron chi connectivity index (χ2n) is 7.32. The van der Waals surface area contributed by atoms with Crippen LogP contribution in [-0.2, 0) is 4.74 Å². The molecule has 1 aliphatic rings. The number of carbonyl (C=O) groups is 1. The lowest BCUT2D eigenvalue weighted by molar-refractivity contribution is -0.384. The number of carbonyl (C=O) groups excluding carboxylic acids is 1. The Kier molecular flexibility index (Phi) is 6.52. The van der Waals surface area contributed by atoms with Gasteiger partial charge in [-0.25, -0.2) is 9.07 Å². The molecule has 9 nitrogen and oxygen atoms in total. The molecular weight excluding hydrogens is 417 g/mol. The third kappa shape index (κ3) is 4.98. The number of nitrogens with zero attached hydrogens (tertiary/aromatic N) is 4. The van der Waals surface area contributed by atoms with Crippen LogP contribution in [0.15, 0.2) is 54.6 Å². The molecule has 2 heterocycles. The Morgan fingerprint density at radius 2 is 1.81 bits per heavy atom. The number of halogens is 1. The van der Waals surface area contributed by atoms with Gasteiger partial charge < -0.3 is 10.1 Å². The van der Waals surface area contributed by atoms with Gasteiger partial charge in [0.15, 0.2) is 0 Å². The molecule has 0 spiro atoms. The van der Waals surface area contributed by atoms with Crippen molar-refractivity contribution < 1.29 is 18.8 Å². The molecule has 1 aliphatic heterocycles. The first-order valence-corrected chi connectivity index (χ1v) is 10.2. The van der Waals surface area contributed by atoms with E-state index in [0.717, 1.165) is 13.1 Å². The molecule has 0 unspecified atom stereocenters. The van der Waals surface area contributed by atoms with Crippen molar-refractivity contribution in [2.45, 2.75) is 0 Å². The minimum atomic E-state index is -0.490. The average Bonchev–Trinajstić information content (AvgIpc) is 3.26. The first kappa shape index (κ1) is 21.6. The Bertz CT molecular complexity index is 1090. The van der Waals surface area contributed by atoms with E-state index in [1.165, 1.54) is 41.1 Å². The zero-order valence-corrected chi connectivity index (χ0v) is 17.2. The van der Waals surface area contributed by atoms with E-state index in [2.05, 4.69) is 15.3 Å². The first-order chi connectivity index (χ1) is 15.5. The number of nitro benzene ring substituents is 1. The SMILES string of the molecule is O=C(NCCN1CCOCC1)c1cc(-c2ccc(F)cc2)nn1-c1ccc([N+](=O)[O-])cc1. The number of non-ortho nitro benzene ring substituents is 1. The molecule has 0 bridgehead atoms. The molecule has 166 valence electrons. The number of nitrogens with one attached hydrogen (secondary N) is 1. The zero-order chi connectivity index (χ0) is 22.5. The van der Waals surface area contributed by atoms with E-state index in [-0.39, 0.29) is 23.1 Å². The van der Waals surface area contributed by atoms with E-state index >= 15 is 0 Å². The second kappa shape index (κ2) is 9.67. The topological polar surface area (TPSA) is 103 Å². The Balaban J connectivity index is 1.58. The summed E-state index contributed by atoms with van der Waals surface area (Å²) in [6, 6.07) is 13.2. The number of hydrogen-bond donors (Lipinski definition) is 1. The van der Waals surface area contributed by atoms with Crippen LogP contribution in [0.1, 0.15) is 10.5 Å². The molecule has 0 aliphatic carbocycles. The minimum Gasteiger partial charge on any atom is -0.379 e. The number of benzene rings is 2. The molecule has 3 aromatic rings. The molecular formula is C22H22FN5O4. The lowest BCUT2D eigenvalue weighted by Gasteiger charge is -2.26. The summed E-state index contributed by atoms with van der Waals surface area (Å²) < 4.78 is 20.1. The first-order valence-electron chi connectivity index (χ1n) is 10.2. The predicted octanol–water partition coefficient (Wildman–Crippen LogP) is 2.65. The van der Waals surface area contributed by atoms with Crippen LogP contribution in [0.5, 0.6) is 0 Å². The van der Waals surface area contributed by atoms with Crippen LogP contribution in [0.2, 0.25) is 0 Å². The van der Waals surface area contributed by atoms with Crippen molar-refractivity contribution in [2.24, 2.45) is 0 Å². The largest absolute Gasteiger partial charge is 0.379 e. The van der Waals surface area contributed by atoms with Crippen molar-refractivity contribution in [2.75, 3.05) is 39.4 Å². The minimum absolute atomic E-state index is 0.0591. The summed E-state index contributed by atoms with van der Waals surface area (Å²) in [4.78, 5) is 25.7. The average molecular weight is 439 g/mol. The summed E-state index contributed by atoms with van der Waals surface area (Å²) >= 11 is 0. The highest BCUT2D eigenvalue weighted by molar-refractivity contribution is 5.94. The molecule has 1 N–H and O–H groups in total. The van der Waals surface area contributed by atoms with Crippen LogP contribution >= 0.6 is 0 Å². The van der Waals surface area contributed by atoms with Crippen LogP contribution in [-0.4, -0.2) is 64.9 Å². The summed E-state index contributed by atoms with van der Waals surface area (Å²) in [5.41, 5.74) is 1.86. The van der Waals surface area contributed by atoms with Gasteiger partial charge in [-0.3, -0.25) is 19.8 Å². The van der Waals surface area contributed by atoms with Gasteiger partial charge in [-0.05, 0) is 42.5 Å². The van der Waals surface area contributed by atoms with Gasteiger partial charge in [-0.1, -0.05) is 0 Å². The van der Waals surface area contributed by atoms with Gasteiger partial charge in [-0.15, -0.1) is 0 Å². The lowest BCUT2D eigenvalue weighted by atomic mass is 10.1. The van der Waals surface area contributed by atoms with Crippen molar-refractivity contribution >= 4 is 11.6 Å². The van der Waals surface area contributed by atoms with Crippen molar-refractivity contribution in [1.82, 2.24) is 20.0 Å². The zero-order valence-electron chi connectivity index (χ0n) is 17.2. The van der Waals surface area contributed by atoms with Gasteiger partial charge in [0.25, 0.3) is 11.6 Å². The number of rotatable bonds is 7. The summed E-state index contributed by atoms with van der Waals surface area (Å²) in [6.07, 6.45) is 0. The molecule has 1 saturated heterocycles. The second-order valence-corrected chi connectivity index (χ2v) is 7.32. The fraction of sp³-hybridized carbons (Fsp3) is 0.273. The van der Waals surface area contributed by atoms with Gasteiger partial charge in [0.2, 0.25) is 0 Å². The number of nitro groups is 1. The van der Waals surface area contributed by atoms with E-state index in [4.69, 9.17) is 4.74 Å². The fourth-order valence-electron chi connectivity index (χ4n) is 3.46. The number of hydrogen-bond acceptors (Lipinski definition) is 6. The Morgan fingerprint density at radius 1 is 1.12 bits per heavy atom. The molecule has 0 saturated carbocycles. The maximum Gasteiger partial charge on any atom is 0.270 e.